The quantitative estimate of drug-likeness (QED) is 0.718. The van der Waals surface area contributed by atoms with Crippen molar-refractivity contribution in [2.75, 3.05) is 26.2 Å². The van der Waals surface area contributed by atoms with Gasteiger partial charge in [0.1, 0.15) is 5.82 Å². The second-order valence-electron chi connectivity index (χ2n) is 5.51. The number of benzene rings is 1. The van der Waals surface area contributed by atoms with E-state index in [1.807, 2.05) is 12.1 Å². The number of hydrogen-bond acceptors (Lipinski definition) is 4. The second-order valence-corrected chi connectivity index (χ2v) is 5.51. The van der Waals surface area contributed by atoms with Crippen LogP contribution in [-0.4, -0.2) is 53.2 Å². The van der Waals surface area contributed by atoms with Crippen LogP contribution in [0.3, 0.4) is 0 Å². The molecule has 6 nitrogen and oxygen atoms in total. The van der Waals surface area contributed by atoms with E-state index in [4.69, 9.17) is 25.5 Å². The highest BCUT2D eigenvalue weighted by molar-refractivity contribution is 6.27. The number of carboxylic acid groups (broad SMARTS) is 2. The molecule has 2 rings (SSSR count). The fourth-order valence-corrected chi connectivity index (χ4v) is 2.38. The zero-order valence-electron chi connectivity index (χ0n) is 12.9. The summed E-state index contributed by atoms with van der Waals surface area (Å²) in [7, 11) is 0. The fraction of sp³-hybridized carbons (Fsp3) is 0.500. The number of aliphatic carboxylic acids is 2. The number of nitrogens with zero attached hydrogens (tertiary/aromatic N) is 1. The van der Waals surface area contributed by atoms with E-state index in [0.717, 1.165) is 38.5 Å². The molecule has 0 aromatic heterocycles. The molecule has 7 heteroatoms. The van der Waals surface area contributed by atoms with Crippen LogP contribution < -0.4 is 5.73 Å². The van der Waals surface area contributed by atoms with Gasteiger partial charge in [-0.2, -0.15) is 0 Å². The SMILES string of the molecule is NCC1CCN(CCc2ccc(F)cc2)CC1.O=C(O)C(=O)O. The van der Waals surface area contributed by atoms with E-state index in [-0.39, 0.29) is 5.82 Å². The van der Waals surface area contributed by atoms with Crippen LogP contribution >= 0.6 is 0 Å². The van der Waals surface area contributed by atoms with E-state index in [9.17, 15) is 4.39 Å². The molecule has 128 valence electrons. The van der Waals surface area contributed by atoms with Gasteiger partial charge in [-0.1, -0.05) is 12.1 Å². The van der Waals surface area contributed by atoms with Crippen LogP contribution in [0.4, 0.5) is 4.39 Å². The van der Waals surface area contributed by atoms with Gasteiger partial charge in [-0.05, 0) is 62.5 Å². The third kappa shape index (κ3) is 7.71. The normalized spacial score (nSPS) is 15.6. The number of likely N-dealkylation sites (tertiary alicyclic amines) is 1. The van der Waals surface area contributed by atoms with Gasteiger partial charge in [0.05, 0.1) is 0 Å². The Hall–Kier alpha value is -1.99. The van der Waals surface area contributed by atoms with Crippen LogP contribution in [0.15, 0.2) is 24.3 Å². The van der Waals surface area contributed by atoms with Crippen LogP contribution in [0.25, 0.3) is 0 Å². The van der Waals surface area contributed by atoms with E-state index >= 15 is 0 Å². The molecule has 1 aliphatic rings. The molecule has 0 bridgehead atoms. The number of carboxylic acids is 2. The highest BCUT2D eigenvalue weighted by atomic mass is 19.1. The van der Waals surface area contributed by atoms with Crippen molar-refractivity contribution in [3.8, 4) is 0 Å². The predicted octanol–water partition coefficient (Wildman–Crippen LogP) is 1.19. The van der Waals surface area contributed by atoms with Crippen LogP contribution in [-0.2, 0) is 16.0 Å². The van der Waals surface area contributed by atoms with Gasteiger partial charge in [-0.25, -0.2) is 14.0 Å². The van der Waals surface area contributed by atoms with E-state index in [1.165, 1.54) is 30.5 Å². The van der Waals surface area contributed by atoms with Crippen molar-refractivity contribution in [2.24, 2.45) is 11.7 Å². The van der Waals surface area contributed by atoms with Crippen LogP contribution in [0, 0.1) is 11.7 Å². The van der Waals surface area contributed by atoms with Crippen molar-refractivity contribution >= 4 is 11.9 Å². The third-order valence-electron chi connectivity index (χ3n) is 3.85. The van der Waals surface area contributed by atoms with Crippen molar-refractivity contribution in [2.45, 2.75) is 19.3 Å². The van der Waals surface area contributed by atoms with Crippen molar-refractivity contribution in [1.82, 2.24) is 4.90 Å². The van der Waals surface area contributed by atoms with Gasteiger partial charge >= 0.3 is 11.9 Å². The Morgan fingerprint density at radius 2 is 1.65 bits per heavy atom. The number of carbonyl (C=O) groups is 2. The molecule has 0 saturated carbocycles. The maximum absolute atomic E-state index is 12.7. The summed E-state index contributed by atoms with van der Waals surface area (Å²) in [4.78, 5) is 20.7. The molecule has 0 unspecified atom stereocenters. The van der Waals surface area contributed by atoms with E-state index in [2.05, 4.69) is 4.90 Å². The van der Waals surface area contributed by atoms with Crippen LogP contribution in [0.5, 0.6) is 0 Å². The number of rotatable bonds is 4. The monoisotopic (exact) mass is 326 g/mol. The van der Waals surface area contributed by atoms with Gasteiger partial charge in [-0.15, -0.1) is 0 Å². The maximum Gasteiger partial charge on any atom is 0.414 e. The Balaban J connectivity index is 0.000000379. The van der Waals surface area contributed by atoms with Gasteiger partial charge in [0.25, 0.3) is 0 Å². The lowest BCUT2D eigenvalue weighted by Gasteiger charge is -2.31. The standard InChI is InChI=1S/C14H21FN2.C2H2O4/c15-14-3-1-12(2-4-14)5-8-17-9-6-13(11-16)7-10-17;3-1(4)2(5)6/h1-4,13H,5-11,16H2;(H,3,4)(H,5,6). The maximum atomic E-state index is 12.7. The number of nitrogens with two attached hydrogens (primary N) is 1. The first kappa shape index (κ1) is 19.1. The lowest BCUT2D eigenvalue weighted by Crippen LogP contribution is -2.37. The molecule has 1 aliphatic heterocycles. The number of piperidine rings is 1. The Bertz CT molecular complexity index is 487. The molecular weight excluding hydrogens is 303 g/mol. The molecule has 4 N–H and O–H groups in total. The lowest BCUT2D eigenvalue weighted by atomic mass is 9.97. The summed E-state index contributed by atoms with van der Waals surface area (Å²) < 4.78 is 12.7. The Labute approximate surface area is 134 Å². The van der Waals surface area contributed by atoms with Crippen molar-refractivity contribution in [3.05, 3.63) is 35.6 Å². The first-order valence-corrected chi connectivity index (χ1v) is 7.55. The summed E-state index contributed by atoms with van der Waals surface area (Å²) in [6, 6.07) is 6.83. The first-order valence-electron chi connectivity index (χ1n) is 7.55. The van der Waals surface area contributed by atoms with Crippen LogP contribution in [0.2, 0.25) is 0 Å². The molecule has 1 aromatic carbocycles. The average Bonchev–Trinajstić information content (AvgIpc) is 2.55. The summed E-state index contributed by atoms with van der Waals surface area (Å²) >= 11 is 0. The molecule has 1 aromatic rings. The summed E-state index contributed by atoms with van der Waals surface area (Å²) in [6.45, 7) is 4.21. The highest BCUT2D eigenvalue weighted by Gasteiger charge is 2.17. The number of hydrogen-bond donors (Lipinski definition) is 3. The largest absolute Gasteiger partial charge is 0.473 e. The highest BCUT2D eigenvalue weighted by Crippen LogP contribution is 2.16. The smallest absolute Gasteiger partial charge is 0.414 e. The molecule has 23 heavy (non-hydrogen) atoms. The van der Waals surface area contributed by atoms with E-state index in [1.54, 1.807) is 0 Å². The number of halogens is 1. The third-order valence-corrected chi connectivity index (χ3v) is 3.85. The van der Waals surface area contributed by atoms with E-state index < -0.39 is 11.9 Å². The molecule has 1 heterocycles. The minimum Gasteiger partial charge on any atom is -0.473 e. The van der Waals surface area contributed by atoms with E-state index in [0.29, 0.717) is 0 Å². The predicted molar refractivity (Wildman–Crippen MR) is 83.6 cm³/mol. The molecule has 1 saturated heterocycles. The fourth-order valence-electron chi connectivity index (χ4n) is 2.38. The molecule has 0 radical (unpaired) electrons. The molecule has 0 spiro atoms. The first-order chi connectivity index (χ1) is 10.9. The van der Waals surface area contributed by atoms with Crippen LogP contribution in [0.1, 0.15) is 18.4 Å². The van der Waals surface area contributed by atoms with Crippen molar-refractivity contribution in [1.29, 1.82) is 0 Å². The summed E-state index contributed by atoms with van der Waals surface area (Å²) in [5, 5.41) is 14.8. The summed E-state index contributed by atoms with van der Waals surface area (Å²) in [5.74, 6) is -3.08. The minimum absolute atomic E-state index is 0.155. The molecule has 1 fully saturated rings. The summed E-state index contributed by atoms with van der Waals surface area (Å²) in [6.07, 6.45) is 3.45. The Kier molecular flexibility index (Phi) is 8.21. The molecular formula is C16H23FN2O4. The van der Waals surface area contributed by atoms with Gasteiger partial charge in [0, 0.05) is 6.54 Å². The zero-order chi connectivity index (χ0) is 17.2. The second kappa shape index (κ2) is 9.91. The van der Waals surface area contributed by atoms with Gasteiger partial charge < -0.3 is 20.8 Å². The minimum atomic E-state index is -1.82. The lowest BCUT2D eigenvalue weighted by molar-refractivity contribution is -0.159. The Morgan fingerprint density at radius 3 is 2.09 bits per heavy atom. The van der Waals surface area contributed by atoms with Crippen molar-refractivity contribution in [3.63, 3.8) is 0 Å². The van der Waals surface area contributed by atoms with Crippen molar-refractivity contribution < 1.29 is 24.2 Å². The molecule has 0 amide bonds. The summed E-state index contributed by atoms with van der Waals surface area (Å²) in [5.41, 5.74) is 6.89. The van der Waals surface area contributed by atoms with Gasteiger partial charge in [0.15, 0.2) is 0 Å². The molecule has 0 atom stereocenters. The molecule has 0 aliphatic carbocycles. The topological polar surface area (TPSA) is 104 Å². The van der Waals surface area contributed by atoms with Gasteiger partial charge in [0.2, 0.25) is 0 Å². The van der Waals surface area contributed by atoms with Gasteiger partial charge in [-0.3, -0.25) is 0 Å². The Morgan fingerprint density at radius 1 is 1.13 bits per heavy atom. The average molecular weight is 326 g/mol. The zero-order valence-corrected chi connectivity index (χ0v) is 12.9.